The summed E-state index contributed by atoms with van der Waals surface area (Å²) in [4.78, 5) is 0. The lowest BCUT2D eigenvalue weighted by atomic mass is 9.87. The molecule has 2 heteroatoms. The summed E-state index contributed by atoms with van der Waals surface area (Å²) in [5, 5.41) is 12.7. The van der Waals surface area contributed by atoms with Crippen LogP contribution in [-0.4, -0.2) is 24.3 Å². The molecule has 0 aromatic rings. The minimum absolute atomic E-state index is 0.325. The van der Waals surface area contributed by atoms with Gasteiger partial charge in [-0.05, 0) is 56.4 Å². The van der Waals surface area contributed by atoms with Crippen molar-refractivity contribution in [1.82, 2.24) is 5.32 Å². The molecular formula is C15H27NO. The SMILES string of the molecule is CCC(CCO)CNC(C)C1CC2C=CC1C2. The molecule has 0 amide bonds. The fraction of sp³-hybridized carbons (Fsp3) is 0.867. The maximum absolute atomic E-state index is 8.99. The Labute approximate surface area is 105 Å². The first-order valence-electron chi connectivity index (χ1n) is 7.27. The van der Waals surface area contributed by atoms with Crippen LogP contribution < -0.4 is 5.32 Å². The molecule has 5 unspecified atom stereocenters. The number of nitrogens with one attached hydrogen (secondary N) is 1. The first-order valence-corrected chi connectivity index (χ1v) is 7.27. The summed E-state index contributed by atoms with van der Waals surface area (Å²) < 4.78 is 0. The van der Waals surface area contributed by atoms with Gasteiger partial charge in [0, 0.05) is 12.6 Å². The van der Waals surface area contributed by atoms with Crippen molar-refractivity contribution in [2.75, 3.05) is 13.2 Å². The number of hydrogen-bond acceptors (Lipinski definition) is 2. The van der Waals surface area contributed by atoms with E-state index in [1.807, 2.05) is 0 Å². The van der Waals surface area contributed by atoms with E-state index in [0.717, 1.165) is 37.1 Å². The molecule has 2 bridgehead atoms. The van der Waals surface area contributed by atoms with Gasteiger partial charge in [-0.15, -0.1) is 0 Å². The molecule has 98 valence electrons. The van der Waals surface area contributed by atoms with Crippen molar-refractivity contribution in [3.63, 3.8) is 0 Å². The topological polar surface area (TPSA) is 32.3 Å². The van der Waals surface area contributed by atoms with Crippen molar-refractivity contribution in [2.45, 2.75) is 45.6 Å². The summed E-state index contributed by atoms with van der Waals surface area (Å²) >= 11 is 0. The lowest BCUT2D eigenvalue weighted by Crippen LogP contribution is -2.38. The third kappa shape index (κ3) is 3.11. The minimum Gasteiger partial charge on any atom is -0.396 e. The zero-order valence-corrected chi connectivity index (χ0v) is 11.2. The van der Waals surface area contributed by atoms with Gasteiger partial charge in [0.25, 0.3) is 0 Å². The highest BCUT2D eigenvalue weighted by molar-refractivity contribution is 5.11. The van der Waals surface area contributed by atoms with Gasteiger partial charge in [0.1, 0.15) is 0 Å². The Morgan fingerprint density at radius 3 is 2.71 bits per heavy atom. The number of rotatable bonds is 7. The second-order valence-corrected chi connectivity index (χ2v) is 5.93. The van der Waals surface area contributed by atoms with E-state index < -0.39 is 0 Å². The van der Waals surface area contributed by atoms with Crippen LogP contribution in [-0.2, 0) is 0 Å². The quantitative estimate of drug-likeness (QED) is 0.667. The Kier molecular flexibility index (Phi) is 4.63. The number of hydrogen-bond donors (Lipinski definition) is 2. The van der Waals surface area contributed by atoms with Gasteiger partial charge in [0.15, 0.2) is 0 Å². The Morgan fingerprint density at radius 2 is 2.18 bits per heavy atom. The molecule has 0 saturated heterocycles. The van der Waals surface area contributed by atoms with Crippen LogP contribution in [0.2, 0.25) is 0 Å². The highest BCUT2D eigenvalue weighted by atomic mass is 16.3. The van der Waals surface area contributed by atoms with Gasteiger partial charge in [-0.2, -0.15) is 0 Å². The number of aliphatic hydroxyl groups excluding tert-OH is 1. The Bertz CT molecular complexity index is 264. The molecule has 2 aliphatic rings. The molecule has 0 radical (unpaired) electrons. The average Bonchev–Trinajstić information content (AvgIpc) is 2.96. The van der Waals surface area contributed by atoms with Gasteiger partial charge in [0.05, 0.1) is 0 Å². The van der Waals surface area contributed by atoms with Gasteiger partial charge in [-0.1, -0.05) is 25.5 Å². The van der Waals surface area contributed by atoms with E-state index in [4.69, 9.17) is 5.11 Å². The molecule has 0 aromatic heterocycles. The van der Waals surface area contributed by atoms with E-state index in [2.05, 4.69) is 31.3 Å². The standard InChI is InChI=1S/C15H27NO/c1-3-12(6-7-17)10-16-11(2)15-9-13-4-5-14(15)8-13/h4-5,11-17H,3,6-10H2,1-2H3. The maximum Gasteiger partial charge on any atom is 0.0434 e. The number of aliphatic hydroxyl groups is 1. The molecule has 1 fully saturated rings. The smallest absolute Gasteiger partial charge is 0.0434 e. The van der Waals surface area contributed by atoms with E-state index >= 15 is 0 Å². The van der Waals surface area contributed by atoms with Gasteiger partial charge in [0.2, 0.25) is 0 Å². The molecule has 1 saturated carbocycles. The van der Waals surface area contributed by atoms with Crippen molar-refractivity contribution < 1.29 is 5.11 Å². The zero-order chi connectivity index (χ0) is 12.3. The summed E-state index contributed by atoms with van der Waals surface area (Å²) in [5.41, 5.74) is 0. The predicted octanol–water partition coefficient (Wildman–Crippen LogP) is 2.59. The number of allylic oxidation sites excluding steroid dienone is 2. The first-order chi connectivity index (χ1) is 8.24. The lowest BCUT2D eigenvalue weighted by Gasteiger charge is -2.28. The molecular weight excluding hydrogens is 210 g/mol. The van der Waals surface area contributed by atoms with Crippen LogP contribution in [0.15, 0.2) is 12.2 Å². The third-order valence-corrected chi connectivity index (χ3v) is 4.82. The van der Waals surface area contributed by atoms with Crippen molar-refractivity contribution in [1.29, 1.82) is 0 Å². The summed E-state index contributed by atoms with van der Waals surface area (Å²) in [6.07, 6.45) is 9.72. The molecule has 2 nitrogen and oxygen atoms in total. The summed E-state index contributed by atoms with van der Waals surface area (Å²) in [7, 11) is 0. The highest BCUT2D eigenvalue weighted by Crippen LogP contribution is 2.44. The molecule has 2 rings (SSSR count). The van der Waals surface area contributed by atoms with Gasteiger partial charge < -0.3 is 10.4 Å². The molecule has 17 heavy (non-hydrogen) atoms. The molecule has 2 aliphatic carbocycles. The third-order valence-electron chi connectivity index (χ3n) is 4.82. The maximum atomic E-state index is 8.99. The molecule has 5 atom stereocenters. The van der Waals surface area contributed by atoms with E-state index in [9.17, 15) is 0 Å². The van der Waals surface area contributed by atoms with E-state index in [1.165, 1.54) is 12.8 Å². The molecule has 0 aromatic carbocycles. The van der Waals surface area contributed by atoms with Gasteiger partial charge in [-0.25, -0.2) is 0 Å². The number of fused-ring (bicyclic) bond motifs is 2. The Balaban J connectivity index is 1.73. The zero-order valence-electron chi connectivity index (χ0n) is 11.2. The van der Waals surface area contributed by atoms with E-state index in [1.54, 1.807) is 0 Å². The van der Waals surface area contributed by atoms with Crippen LogP contribution in [0.3, 0.4) is 0 Å². The van der Waals surface area contributed by atoms with Crippen molar-refractivity contribution in [3.05, 3.63) is 12.2 Å². The first kappa shape index (κ1) is 13.1. The van der Waals surface area contributed by atoms with Crippen LogP contribution in [0.5, 0.6) is 0 Å². The minimum atomic E-state index is 0.325. The summed E-state index contributed by atoms with van der Waals surface area (Å²) in [6.45, 7) is 5.94. The highest BCUT2D eigenvalue weighted by Gasteiger charge is 2.38. The molecule has 2 N–H and O–H groups in total. The fourth-order valence-corrected chi connectivity index (χ4v) is 3.54. The van der Waals surface area contributed by atoms with Crippen LogP contribution in [0.25, 0.3) is 0 Å². The normalized spacial score (nSPS) is 34.2. The van der Waals surface area contributed by atoms with Crippen LogP contribution in [0.4, 0.5) is 0 Å². The molecule has 0 heterocycles. The van der Waals surface area contributed by atoms with Crippen LogP contribution in [0, 0.1) is 23.7 Å². The summed E-state index contributed by atoms with van der Waals surface area (Å²) in [6, 6.07) is 0.627. The Morgan fingerprint density at radius 1 is 1.35 bits per heavy atom. The van der Waals surface area contributed by atoms with Crippen molar-refractivity contribution >= 4 is 0 Å². The van der Waals surface area contributed by atoms with E-state index in [-0.39, 0.29) is 0 Å². The van der Waals surface area contributed by atoms with E-state index in [0.29, 0.717) is 18.6 Å². The van der Waals surface area contributed by atoms with Gasteiger partial charge in [-0.3, -0.25) is 0 Å². The van der Waals surface area contributed by atoms with Crippen LogP contribution in [0.1, 0.15) is 39.5 Å². The van der Waals surface area contributed by atoms with Gasteiger partial charge >= 0.3 is 0 Å². The largest absolute Gasteiger partial charge is 0.396 e. The van der Waals surface area contributed by atoms with Crippen molar-refractivity contribution in [3.8, 4) is 0 Å². The monoisotopic (exact) mass is 237 g/mol. The molecule has 0 spiro atoms. The summed E-state index contributed by atoms with van der Waals surface area (Å²) in [5.74, 6) is 3.18. The molecule has 0 aliphatic heterocycles. The van der Waals surface area contributed by atoms with Crippen LogP contribution >= 0.6 is 0 Å². The second-order valence-electron chi connectivity index (χ2n) is 5.93. The Hall–Kier alpha value is -0.340. The average molecular weight is 237 g/mol. The predicted molar refractivity (Wildman–Crippen MR) is 71.8 cm³/mol. The fourth-order valence-electron chi connectivity index (χ4n) is 3.54. The second kappa shape index (κ2) is 6.01. The van der Waals surface area contributed by atoms with Crippen molar-refractivity contribution in [2.24, 2.45) is 23.7 Å². The lowest BCUT2D eigenvalue weighted by molar-refractivity contribution is 0.240.